The Balaban J connectivity index is 1.90. The third-order valence-corrected chi connectivity index (χ3v) is 5.60. The number of hydrogen-bond acceptors (Lipinski definition) is 3. The summed E-state index contributed by atoms with van der Waals surface area (Å²) < 4.78 is 27.1. The lowest BCUT2D eigenvalue weighted by Gasteiger charge is -2.16. The molecule has 0 N–H and O–H groups in total. The molecule has 3 aromatic carbocycles. The summed E-state index contributed by atoms with van der Waals surface area (Å²) in [6.07, 6.45) is 1.52. The minimum Gasteiger partial charge on any atom is -0.200 e. The summed E-state index contributed by atoms with van der Waals surface area (Å²) >= 11 is 0. The molecular formula is C23H20N2O2S. The summed E-state index contributed by atoms with van der Waals surface area (Å²) in [5.74, 6) is 5.88. The van der Waals surface area contributed by atoms with Crippen LogP contribution in [0, 0.1) is 18.8 Å². The van der Waals surface area contributed by atoms with Crippen molar-refractivity contribution in [2.24, 2.45) is 5.10 Å². The van der Waals surface area contributed by atoms with Crippen molar-refractivity contribution in [1.82, 2.24) is 4.41 Å². The first-order valence-corrected chi connectivity index (χ1v) is 10.2. The highest BCUT2D eigenvalue weighted by Gasteiger charge is 2.22. The van der Waals surface area contributed by atoms with E-state index in [2.05, 4.69) is 16.9 Å². The molecule has 0 saturated carbocycles. The first-order valence-electron chi connectivity index (χ1n) is 8.78. The summed E-state index contributed by atoms with van der Waals surface area (Å²) in [7, 11) is -3.81. The van der Waals surface area contributed by atoms with Gasteiger partial charge < -0.3 is 0 Å². The van der Waals surface area contributed by atoms with Crippen molar-refractivity contribution >= 4 is 16.2 Å². The van der Waals surface area contributed by atoms with E-state index in [1.807, 2.05) is 67.6 Å². The molecule has 0 heterocycles. The van der Waals surface area contributed by atoms with Crippen LogP contribution in [-0.4, -0.2) is 25.6 Å². The Morgan fingerprint density at radius 1 is 0.893 bits per heavy atom. The van der Waals surface area contributed by atoms with Crippen molar-refractivity contribution in [3.63, 3.8) is 0 Å². The molecule has 0 aliphatic rings. The van der Waals surface area contributed by atoms with Gasteiger partial charge in [0.1, 0.15) is 6.54 Å². The summed E-state index contributed by atoms with van der Waals surface area (Å²) in [6, 6.07) is 25.5. The highest BCUT2D eigenvalue weighted by molar-refractivity contribution is 7.89. The van der Waals surface area contributed by atoms with E-state index in [0.717, 1.165) is 21.1 Å². The molecule has 3 rings (SSSR count). The van der Waals surface area contributed by atoms with Crippen LogP contribution in [0.5, 0.6) is 0 Å². The van der Waals surface area contributed by atoms with Crippen molar-refractivity contribution in [2.45, 2.75) is 11.8 Å². The molecule has 0 bridgehead atoms. The smallest absolute Gasteiger partial charge is 0.200 e. The van der Waals surface area contributed by atoms with E-state index >= 15 is 0 Å². The number of aryl methyl sites for hydroxylation is 1. The Labute approximate surface area is 166 Å². The van der Waals surface area contributed by atoms with E-state index in [0.29, 0.717) is 0 Å². The second kappa shape index (κ2) is 9.03. The maximum absolute atomic E-state index is 13.1. The number of nitrogens with zero attached hydrogens (tertiary/aromatic N) is 2. The summed E-state index contributed by atoms with van der Waals surface area (Å²) in [5.41, 5.74) is 2.62. The molecule has 0 saturated heterocycles. The zero-order valence-electron chi connectivity index (χ0n) is 15.5. The fourth-order valence-corrected chi connectivity index (χ4v) is 3.55. The molecule has 0 aliphatic heterocycles. The minimum absolute atomic E-state index is 0.0472. The van der Waals surface area contributed by atoms with Gasteiger partial charge in [-0.15, -0.1) is 0 Å². The molecule has 140 valence electrons. The third-order valence-electron chi connectivity index (χ3n) is 3.95. The predicted molar refractivity (Wildman–Crippen MR) is 112 cm³/mol. The van der Waals surface area contributed by atoms with Gasteiger partial charge in [0.05, 0.1) is 11.1 Å². The lowest BCUT2D eigenvalue weighted by Crippen LogP contribution is -2.27. The largest absolute Gasteiger partial charge is 0.279 e. The molecule has 0 aliphatic carbocycles. The Morgan fingerprint density at radius 3 is 2.14 bits per heavy atom. The van der Waals surface area contributed by atoms with Crippen LogP contribution in [0.2, 0.25) is 0 Å². The van der Waals surface area contributed by atoms with Gasteiger partial charge in [-0.1, -0.05) is 78.1 Å². The van der Waals surface area contributed by atoms with Gasteiger partial charge in [0.15, 0.2) is 0 Å². The van der Waals surface area contributed by atoms with E-state index in [1.54, 1.807) is 24.3 Å². The lowest BCUT2D eigenvalue weighted by atomic mass is 10.2. The first kappa shape index (κ1) is 19.4. The summed E-state index contributed by atoms with van der Waals surface area (Å²) in [6.45, 7) is 1.86. The fraction of sp³-hybridized carbons (Fsp3) is 0.0870. The van der Waals surface area contributed by atoms with Crippen molar-refractivity contribution in [1.29, 1.82) is 0 Å². The molecule has 4 nitrogen and oxygen atoms in total. The molecule has 0 unspecified atom stereocenters. The van der Waals surface area contributed by atoms with Crippen molar-refractivity contribution < 1.29 is 8.42 Å². The van der Waals surface area contributed by atoms with E-state index in [4.69, 9.17) is 0 Å². The van der Waals surface area contributed by atoms with Crippen LogP contribution in [0.3, 0.4) is 0 Å². The molecule has 0 radical (unpaired) electrons. The Morgan fingerprint density at radius 2 is 1.50 bits per heavy atom. The van der Waals surface area contributed by atoms with Crippen molar-refractivity contribution in [3.8, 4) is 11.8 Å². The number of sulfonamides is 1. The fourth-order valence-electron chi connectivity index (χ4n) is 2.42. The van der Waals surface area contributed by atoms with E-state index in [-0.39, 0.29) is 11.4 Å². The Kier molecular flexibility index (Phi) is 6.25. The van der Waals surface area contributed by atoms with Gasteiger partial charge >= 0.3 is 0 Å². The molecule has 28 heavy (non-hydrogen) atoms. The Bertz CT molecular complexity index is 1100. The van der Waals surface area contributed by atoms with Gasteiger partial charge in [0.25, 0.3) is 10.0 Å². The monoisotopic (exact) mass is 388 g/mol. The summed E-state index contributed by atoms with van der Waals surface area (Å²) in [5, 5.41) is 4.21. The van der Waals surface area contributed by atoms with E-state index in [1.165, 1.54) is 6.21 Å². The minimum atomic E-state index is -3.81. The molecule has 0 spiro atoms. The van der Waals surface area contributed by atoms with Crippen LogP contribution in [0.25, 0.3) is 0 Å². The average Bonchev–Trinajstić information content (AvgIpc) is 2.72. The van der Waals surface area contributed by atoms with Gasteiger partial charge in [-0.05, 0) is 36.8 Å². The quantitative estimate of drug-likeness (QED) is 0.376. The average molecular weight is 388 g/mol. The third kappa shape index (κ3) is 5.09. The highest BCUT2D eigenvalue weighted by Crippen LogP contribution is 2.16. The van der Waals surface area contributed by atoms with Crippen LogP contribution in [0.1, 0.15) is 16.7 Å². The SMILES string of the molecule is Cc1ccc(S(=O)(=O)N(CC#Cc2ccccc2)/N=C/c2ccccc2)cc1. The van der Waals surface area contributed by atoms with Gasteiger partial charge in [-0.2, -0.15) is 17.9 Å². The number of hydrazone groups is 1. The topological polar surface area (TPSA) is 49.7 Å². The molecular weight excluding hydrogens is 368 g/mol. The number of benzene rings is 3. The van der Waals surface area contributed by atoms with Crippen LogP contribution >= 0.6 is 0 Å². The Hall–Kier alpha value is -3.36. The molecule has 5 heteroatoms. The standard InChI is InChI=1S/C23H20N2O2S/c1-20-14-16-23(17-15-20)28(26,27)25(24-19-22-11-6-3-7-12-22)18-8-13-21-9-4-2-5-10-21/h2-7,9-12,14-17,19H,18H2,1H3/b24-19+. The van der Waals surface area contributed by atoms with Gasteiger partial charge in [0.2, 0.25) is 0 Å². The van der Waals surface area contributed by atoms with Crippen LogP contribution in [0.4, 0.5) is 0 Å². The molecule has 0 fully saturated rings. The maximum Gasteiger partial charge on any atom is 0.279 e. The van der Waals surface area contributed by atoms with Gasteiger partial charge in [0, 0.05) is 5.56 Å². The highest BCUT2D eigenvalue weighted by atomic mass is 32.2. The number of rotatable bonds is 5. The van der Waals surface area contributed by atoms with E-state index in [9.17, 15) is 8.42 Å². The second-order valence-corrected chi connectivity index (χ2v) is 7.96. The van der Waals surface area contributed by atoms with Crippen molar-refractivity contribution in [3.05, 3.63) is 102 Å². The lowest BCUT2D eigenvalue weighted by molar-refractivity contribution is 0.468. The van der Waals surface area contributed by atoms with E-state index < -0.39 is 10.0 Å². The molecule has 0 amide bonds. The first-order chi connectivity index (χ1) is 13.6. The molecule has 3 aromatic rings. The van der Waals surface area contributed by atoms with Gasteiger partial charge in [-0.25, -0.2) is 0 Å². The number of hydrogen-bond donors (Lipinski definition) is 0. The normalized spacial score (nSPS) is 11.0. The van der Waals surface area contributed by atoms with Gasteiger partial charge in [-0.3, -0.25) is 0 Å². The zero-order valence-corrected chi connectivity index (χ0v) is 16.3. The van der Waals surface area contributed by atoms with Crippen LogP contribution < -0.4 is 0 Å². The summed E-state index contributed by atoms with van der Waals surface area (Å²) in [4.78, 5) is 0.185. The van der Waals surface area contributed by atoms with Crippen LogP contribution in [0.15, 0.2) is 94.9 Å². The molecule has 0 atom stereocenters. The molecule has 0 aromatic heterocycles. The second-order valence-electron chi connectivity index (χ2n) is 6.12. The predicted octanol–water partition coefficient (Wildman–Crippen LogP) is 4.07. The zero-order chi connectivity index (χ0) is 19.8. The van der Waals surface area contributed by atoms with Crippen LogP contribution in [-0.2, 0) is 10.0 Å². The van der Waals surface area contributed by atoms with Crippen molar-refractivity contribution in [2.75, 3.05) is 6.54 Å². The maximum atomic E-state index is 13.1.